The van der Waals surface area contributed by atoms with Crippen molar-refractivity contribution < 1.29 is 19.0 Å². The molecular weight excluding hydrogens is 380 g/mol. The minimum absolute atomic E-state index is 0.0945. The largest absolute Gasteiger partial charge is 0.507 e. The van der Waals surface area contributed by atoms with Crippen LogP contribution in [-0.2, 0) is 0 Å². The van der Waals surface area contributed by atoms with E-state index in [2.05, 4.69) is 0 Å². The number of hydrogen-bond donors (Lipinski definition) is 1. The molecule has 1 aliphatic carbocycles. The van der Waals surface area contributed by atoms with Crippen molar-refractivity contribution in [1.29, 1.82) is 0 Å². The molecule has 0 fully saturated rings. The monoisotopic (exact) mass is 400 g/mol. The van der Waals surface area contributed by atoms with Gasteiger partial charge in [-0.15, -0.1) is 0 Å². The van der Waals surface area contributed by atoms with Gasteiger partial charge in [-0.05, 0) is 78.4 Å². The Bertz CT molecular complexity index is 1220. The van der Waals surface area contributed by atoms with Crippen LogP contribution < -0.4 is 14.9 Å². The molecule has 0 amide bonds. The summed E-state index contributed by atoms with van der Waals surface area (Å²) in [7, 11) is 3.20. The Kier molecular flexibility index (Phi) is 5.26. The van der Waals surface area contributed by atoms with Crippen LogP contribution in [0.2, 0.25) is 0 Å². The lowest BCUT2D eigenvalue weighted by Gasteiger charge is -2.12. The third-order valence-electron chi connectivity index (χ3n) is 4.82. The van der Waals surface area contributed by atoms with Gasteiger partial charge >= 0.3 is 0 Å². The van der Waals surface area contributed by atoms with Crippen molar-refractivity contribution in [2.45, 2.75) is 0 Å². The number of methoxy groups -OCH3 is 2. The number of aliphatic hydroxyl groups excluding tert-OH is 1. The highest BCUT2D eigenvalue weighted by Crippen LogP contribution is 2.34. The summed E-state index contributed by atoms with van der Waals surface area (Å²) in [5.41, 5.74) is 2.79. The standard InChI is InChI=1S/C25H20O5/c1-28-20-8-3-16(4-9-20)23(27)13-18-14-24(17-5-10-21(29-2)11-6-17)30-25-15-19(26)7-12-22(18)25/h3-15,27H,1-2H3. The first-order chi connectivity index (χ1) is 14.6. The fraction of sp³-hybridized carbons (Fsp3) is 0.0800. The van der Waals surface area contributed by atoms with Gasteiger partial charge in [-0.2, -0.15) is 0 Å². The molecule has 2 aliphatic rings. The van der Waals surface area contributed by atoms with Gasteiger partial charge in [0, 0.05) is 22.8 Å². The lowest BCUT2D eigenvalue weighted by atomic mass is 10.00. The van der Waals surface area contributed by atoms with Crippen LogP contribution in [0.4, 0.5) is 0 Å². The number of fused-ring (bicyclic) bond motifs is 1. The molecule has 5 heteroatoms. The van der Waals surface area contributed by atoms with Crippen molar-refractivity contribution in [2.24, 2.45) is 0 Å². The summed E-state index contributed by atoms with van der Waals surface area (Å²) >= 11 is 0. The Balaban J connectivity index is 1.83. The molecule has 0 saturated heterocycles. The quantitative estimate of drug-likeness (QED) is 0.449. The molecule has 2 aromatic carbocycles. The van der Waals surface area contributed by atoms with E-state index in [-0.39, 0.29) is 11.2 Å². The SMILES string of the molecule is COc1ccc(C(O)=Cc2cc(-c3ccc(OC)cc3)oc3cc(=O)ccc2-3)cc1. The van der Waals surface area contributed by atoms with Gasteiger partial charge < -0.3 is 19.0 Å². The summed E-state index contributed by atoms with van der Waals surface area (Å²) in [6, 6.07) is 21.0. The topological polar surface area (TPSA) is 68.9 Å². The predicted octanol–water partition coefficient (Wildman–Crippen LogP) is 5.48. The molecule has 1 heterocycles. The van der Waals surface area contributed by atoms with Crippen LogP contribution in [0.3, 0.4) is 0 Å². The van der Waals surface area contributed by atoms with E-state index in [0.29, 0.717) is 22.8 Å². The molecule has 0 unspecified atom stereocenters. The zero-order valence-electron chi connectivity index (χ0n) is 16.6. The Labute approximate surface area is 173 Å². The molecule has 0 bridgehead atoms. The van der Waals surface area contributed by atoms with E-state index in [4.69, 9.17) is 13.9 Å². The van der Waals surface area contributed by atoms with Gasteiger partial charge in [0.15, 0.2) is 5.43 Å². The number of aliphatic hydroxyl groups is 1. The van der Waals surface area contributed by atoms with E-state index in [1.54, 1.807) is 50.6 Å². The van der Waals surface area contributed by atoms with Crippen LogP contribution in [0.15, 0.2) is 82.0 Å². The summed E-state index contributed by atoms with van der Waals surface area (Å²) in [4.78, 5) is 11.9. The maximum absolute atomic E-state index is 11.9. The predicted molar refractivity (Wildman–Crippen MR) is 117 cm³/mol. The summed E-state index contributed by atoms with van der Waals surface area (Å²) in [5, 5.41) is 10.7. The van der Waals surface area contributed by atoms with Crippen LogP contribution in [-0.4, -0.2) is 19.3 Å². The Morgan fingerprint density at radius 1 is 0.833 bits per heavy atom. The van der Waals surface area contributed by atoms with E-state index in [0.717, 1.165) is 22.4 Å². The molecule has 1 aliphatic heterocycles. The Hall–Kier alpha value is -3.99. The number of rotatable bonds is 5. The number of hydrogen-bond acceptors (Lipinski definition) is 5. The second-order valence-electron chi connectivity index (χ2n) is 6.71. The van der Waals surface area contributed by atoms with Crippen molar-refractivity contribution in [3.63, 3.8) is 0 Å². The van der Waals surface area contributed by atoms with E-state index in [1.165, 1.54) is 12.1 Å². The Morgan fingerprint density at radius 2 is 1.47 bits per heavy atom. The van der Waals surface area contributed by atoms with Crippen molar-refractivity contribution in [3.8, 4) is 34.1 Å². The average molecular weight is 400 g/mol. The fourth-order valence-electron chi connectivity index (χ4n) is 3.20. The zero-order chi connectivity index (χ0) is 21.1. The lowest BCUT2D eigenvalue weighted by Crippen LogP contribution is -2.00. The molecular formula is C25H20O5. The van der Waals surface area contributed by atoms with Crippen LogP contribution in [0, 0.1) is 0 Å². The fourth-order valence-corrected chi connectivity index (χ4v) is 3.20. The molecule has 2 aromatic rings. The highest BCUT2D eigenvalue weighted by atomic mass is 16.5. The molecule has 4 rings (SSSR count). The molecule has 0 atom stereocenters. The summed E-state index contributed by atoms with van der Waals surface area (Å²) in [5.74, 6) is 2.56. The first kappa shape index (κ1) is 19.3. The average Bonchev–Trinajstić information content (AvgIpc) is 2.78. The lowest BCUT2D eigenvalue weighted by molar-refractivity contribution is 0.414. The molecule has 5 nitrogen and oxygen atoms in total. The van der Waals surface area contributed by atoms with Crippen LogP contribution in [0.25, 0.3) is 34.5 Å². The highest BCUT2D eigenvalue weighted by Gasteiger charge is 2.14. The summed E-state index contributed by atoms with van der Waals surface area (Å²) < 4.78 is 16.4. The summed E-state index contributed by atoms with van der Waals surface area (Å²) in [6.07, 6.45) is 1.66. The van der Waals surface area contributed by atoms with E-state index < -0.39 is 0 Å². The summed E-state index contributed by atoms with van der Waals surface area (Å²) in [6.45, 7) is 0. The number of benzene rings is 3. The molecule has 0 radical (unpaired) electrons. The van der Waals surface area contributed by atoms with Gasteiger partial charge in [-0.3, -0.25) is 4.79 Å². The van der Waals surface area contributed by atoms with Crippen molar-refractivity contribution in [1.82, 2.24) is 0 Å². The van der Waals surface area contributed by atoms with E-state index in [9.17, 15) is 9.90 Å². The third kappa shape index (κ3) is 3.91. The normalized spacial score (nSPS) is 11.5. The minimum atomic E-state index is -0.146. The minimum Gasteiger partial charge on any atom is -0.507 e. The van der Waals surface area contributed by atoms with E-state index in [1.807, 2.05) is 30.3 Å². The molecule has 150 valence electrons. The molecule has 30 heavy (non-hydrogen) atoms. The zero-order valence-corrected chi connectivity index (χ0v) is 16.6. The number of ether oxygens (including phenoxy) is 2. The van der Waals surface area contributed by atoms with Crippen LogP contribution in [0.5, 0.6) is 11.5 Å². The van der Waals surface area contributed by atoms with Gasteiger partial charge in [-0.1, -0.05) is 0 Å². The van der Waals surface area contributed by atoms with Crippen molar-refractivity contribution in [2.75, 3.05) is 14.2 Å². The second-order valence-corrected chi connectivity index (χ2v) is 6.71. The van der Waals surface area contributed by atoms with Gasteiger partial charge in [0.1, 0.15) is 28.8 Å². The third-order valence-corrected chi connectivity index (χ3v) is 4.82. The maximum atomic E-state index is 11.9. The van der Waals surface area contributed by atoms with Gasteiger partial charge in [0.05, 0.1) is 14.2 Å². The maximum Gasteiger partial charge on any atom is 0.182 e. The smallest absolute Gasteiger partial charge is 0.182 e. The van der Waals surface area contributed by atoms with Crippen molar-refractivity contribution in [3.05, 3.63) is 94.1 Å². The molecule has 0 spiro atoms. The van der Waals surface area contributed by atoms with Crippen LogP contribution >= 0.6 is 0 Å². The van der Waals surface area contributed by atoms with Gasteiger partial charge in [0.25, 0.3) is 0 Å². The molecule has 1 N–H and O–H groups in total. The first-order valence-electron chi connectivity index (χ1n) is 9.35. The Morgan fingerprint density at radius 3 is 2.10 bits per heavy atom. The van der Waals surface area contributed by atoms with Crippen LogP contribution in [0.1, 0.15) is 11.1 Å². The highest BCUT2D eigenvalue weighted by molar-refractivity contribution is 5.85. The molecule has 0 aromatic heterocycles. The van der Waals surface area contributed by atoms with Gasteiger partial charge in [-0.25, -0.2) is 0 Å². The van der Waals surface area contributed by atoms with Gasteiger partial charge in [0.2, 0.25) is 0 Å². The second kappa shape index (κ2) is 8.17. The first-order valence-corrected chi connectivity index (χ1v) is 9.35. The van der Waals surface area contributed by atoms with Crippen molar-refractivity contribution >= 4 is 11.8 Å². The van der Waals surface area contributed by atoms with E-state index >= 15 is 0 Å². The molecule has 0 saturated carbocycles.